The molecule has 1 atom stereocenters. The van der Waals surface area contributed by atoms with Crippen LogP contribution in [0.15, 0.2) is 24.3 Å². The highest BCUT2D eigenvalue weighted by atomic mass is 16.1. The van der Waals surface area contributed by atoms with E-state index >= 15 is 0 Å². The molecular formula is C16H21N3O. The zero-order chi connectivity index (χ0) is 14.4. The van der Waals surface area contributed by atoms with Gasteiger partial charge in [-0.3, -0.25) is 4.79 Å². The fraction of sp³-hybridized carbons (Fsp3) is 0.500. The highest BCUT2D eigenvalue weighted by Gasteiger charge is 2.21. The summed E-state index contributed by atoms with van der Waals surface area (Å²) in [5.41, 5.74) is 1.67. The lowest BCUT2D eigenvalue weighted by molar-refractivity contribution is -0.122. The summed E-state index contributed by atoms with van der Waals surface area (Å²) in [5.74, 6) is 0.105. The maximum absolute atomic E-state index is 12.0. The van der Waals surface area contributed by atoms with Crippen molar-refractivity contribution in [3.05, 3.63) is 35.4 Å². The molecule has 0 bridgehead atoms. The molecule has 0 saturated carbocycles. The number of nitrogens with one attached hydrogen (secondary N) is 1. The summed E-state index contributed by atoms with van der Waals surface area (Å²) >= 11 is 0. The van der Waals surface area contributed by atoms with Crippen molar-refractivity contribution in [1.82, 2.24) is 10.2 Å². The number of rotatable bonds is 4. The molecule has 1 aliphatic rings. The summed E-state index contributed by atoms with van der Waals surface area (Å²) in [6.45, 7) is 1.62. The Hall–Kier alpha value is -1.86. The van der Waals surface area contributed by atoms with Crippen LogP contribution < -0.4 is 5.32 Å². The van der Waals surface area contributed by atoms with Crippen molar-refractivity contribution < 1.29 is 4.79 Å². The molecule has 4 heteroatoms. The van der Waals surface area contributed by atoms with Gasteiger partial charge in [0.1, 0.15) is 0 Å². The van der Waals surface area contributed by atoms with Crippen LogP contribution in [0.5, 0.6) is 0 Å². The Balaban J connectivity index is 1.78. The fourth-order valence-electron chi connectivity index (χ4n) is 2.59. The van der Waals surface area contributed by atoms with Crippen molar-refractivity contribution in [3.63, 3.8) is 0 Å². The van der Waals surface area contributed by atoms with Crippen LogP contribution >= 0.6 is 0 Å². The molecule has 1 amide bonds. The van der Waals surface area contributed by atoms with E-state index in [1.165, 1.54) is 12.8 Å². The smallest absolute Gasteiger partial charge is 0.221 e. The SMILES string of the molecule is CN1CCCCC1CC(=O)NCc1ccc(C#N)cc1. The van der Waals surface area contributed by atoms with E-state index in [4.69, 9.17) is 5.26 Å². The molecule has 1 aromatic rings. The third kappa shape index (κ3) is 4.07. The maximum Gasteiger partial charge on any atom is 0.221 e. The molecule has 1 saturated heterocycles. The van der Waals surface area contributed by atoms with Crippen LogP contribution in [0.25, 0.3) is 0 Å². The fourth-order valence-corrected chi connectivity index (χ4v) is 2.59. The Kier molecular flexibility index (Phi) is 5.14. The average Bonchev–Trinajstić information content (AvgIpc) is 2.48. The van der Waals surface area contributed by atoms with Crippen LogP contribution in [0.2, 0.25) is 0 Å². The molecular weight excluding hydrogens is 250 g/mol. The number of hydrogen-bond acceptors (Lipinski definition) is 3. The quantitative estimate of drug-likeness (QED) is 0.912. The van der Waals surface area contributed by atoms with Gasteiger partial charge in [-0.2, -0.15) is 5.26 Å². The van der Waals surface area contributed by atoms with Gasteiger partial charge in [0.15, 0.2) is 0 Å². The second kappa shape index (κ2) is 7.06. The molecule has 1 aromatic carbocycles. The van der Waals surface area contributed by atoms with E-state index in [0.29, 0.717) is 24.6 Å². The largest absolute Gasteiger partial charge is 0.352 e. The zero-order valence-corrected chi connectivity index (χ0v) is 11.9. The number of benzene rings is 1. The van der Waals surface area contributed by atoms with Crippen molar-refractivity contribution >= 4 is 5.91 Å². The highest BCUT2D eigenvalue weighted by molar-refractivity contribution is 5.76. The molecule has 1 fully saturated rings. The minimum atomic E-state index is 0.105. The number of piperidine rings is 1. The second-order valence-electron chi connectivity index (χ2n) is 5.42. The van der Waals surface area contributed by atoms with Gasteiger partial charge in [-0.1, -0.05) is 18.6 Å². The summed E-state index contributed by atoms with van der Waals surface area (Å²) in [6, 6.07) is 9.77. The Labute approximate surface area is 120 Å². The first kappa shape index (κ1) is 14.5. The van der Waals surface area contributed by atoms with Crippen molar-refractivity contribution in [3.8, 4) is 6.07 Å². The molecule has 1 N–H and O–H groups in total. The number of nitrogens with zero attached hydrogens (tertiary/aromatic N) is 2. The summed E-state index contributed by atoms with van der Waals surface area (Å²) < 4.78 is 0. The first-order chi connectivity index (χ1) is 9.69. The minimum Gasteiger partial charge on any atom is -0.352 e. The van der Waals surface area contributed by atoms with E-state index in [1.54, 1.807) is 12.1 Å². The van der Waals surface area contributed by atoms with E-state index in [2.05, 4.69) is 23.3 Å². The van der Waals surface area contributed by atoms with E-state index < -0.39 is 0 Å². The molecule has 1 aliphatic heterocycles. The van der Waals surface area contributed by atoms with Crippen LogP contribution in [0, 0.1) is 11.3 Å². The van der Waals surface area contributed by atoms with Gasteiger partial charge >= 0.3 is 0 Å². The Bertz CT molecular complexity index is 489. The lowest BCUT2D eigenvalue weighted by Gasteiger charge is -2.31. The van der Waals surface area contributed by atoms with Crippen LogP contribution in [0.3, 0.4) is 0 Å². The lowest BCUT2D eigenvalue weighted by Crippen LogP contribution is -2.40. The molecule has 0 radical (unpaired) electrons. The van der Waals surface area contributed by atoms with Gasteiger partial charge in [-0.15, -0.1) is 0 Å². The molecule has 1 unspecified atom stereocenters. The van der Waals surface area contributed by atoms with Crippen LogP contribution in [-0.2, 0) is 11.3 Å². The first-order valence-electron chi connectivity index (χ1n) is 7.15. The normalized spacial score (nSPS) is 19.3. The van der Waals surface area contributed by atoms with Crippen molar-refractivity contribution in [2.24, 2.45) is 0 Å². The molecule has 4 nitrogen and oxygen atoms in total. The third-order valence-electron chi connectivity index (χ3n) is 3.92. The number of amides is 1. The zero-order valence-electron chi connectivity index (χ0n) is 11.9. The lowest BCUT2D eigenvalue weighted by atomic mass is 10.00. The van der Waals surface area contributed by atoms with Crippen LogP contribution in [0.1, 0.15) is 36.8 Å². The first-order valence-corrected chi connectivity index (χ1v) is 7.15. The molecule has 2 rings (SSSR count). The van der Waals surface area contributed by atoms with Crippen LogP contribution in [0.4, 0.5) is 0 Å². The Morgan fingerprint density at radius 1 is 1.40 bits per heavy atom. The molecule has 0 aromatic heterocycles. The van der Waals surface area contributed by atoms with Crippen LogP contribution in [-0.4, -0.2) is 30.4 Å². The number of likely N-dealkylation sites (tertiary alicyclic amines) is 1. The van der Waals surface area contributed by atoms with Gasteiger partial charge in [-0.05, 0) is 44.1 Å². The van der Waals surface area contributed by atoms with Crippen molar-refractivity contribution in [2.75, 3.05) is 13.6 Å². The minimum absolute atomic E-state index is 0.105. The third-order valence-corrected chi connectivity index (χ3v) is 3.92. The second-order valence-corrected chi connectivity index (χ2v) is 5.42. The van der Waals surface area contributed by atoms with E-state index in [-0.39, 0.29) is 5.91 Å². The maximum atomic E-state index is 12.0. The summed E-state index contributed by atoms with van der Waals surface area (Å²) in [6.07, 6.45) is 4.14. The number of hydrogen-bond donors (Lipinski definition) is 1. The molecule has 0 spiro atoms. The number of carbonyl (C=O) groups excluding carboxylic acids is 1. The molecule has 106 valence electrons. The molecule has 0 aliphatic carbocycles. The van der Waals surface area contributed by atoms with Gasteiger partial charge in [-0.25, -0.2) is 0 Å². The molecule has 20 heavy (non-hydrogen) atoms. The highest BCUT2D eigenvalue weighted by Crippen LogP contribution is 2.17. The number of nitriles is 1. The van der Waals surface area contributed by atoms with Gasteiger partial charge in [0.25, 0.3) is 0 Å². The predicted molar refractivity (Wildman–Crippen MR) is 77.9 cm³/mol. The van der Waals surface area contributed by atoms with E-state index in [0.717, 1.165) is 18.5 Å². The topological polar surface area (TPSA) is 56.1 Å². The van der Waals surface area contributed by atoms with Crippen molar-refractivity contribution in [1.29, 1.82) is 5.26 Å². The van der Waals surface area contributed by atoms with Gasteiger partial charge in [0, 0.05) is 19.0 Å². The van der Waals surface area contributed by atoms with Gasteiger partial charge < -0.3 is 10.2 Å². The Morgan fingerprint density at radius 3 is 2.80 bits per heavy atom. The standard InChI is InChI=1S/C16H21N3O/c1-19-9-3-2-4-15(19)10-16(20)18-12-14-7-5-13(11-17)6-8-14/h5-8,15H,2-4,9-10,12H2,1H3,(H,18,20). The monoisotopic (exact) mass is 271 g/mol. The summed E-state index contributed by atoms with van der Waals surface area (Å²) in [4.78, 5) is 14.2. The summed E-state index contributed by atoms with van der Waals surface area (Å²) in [5, 5.41) is 11.7. The number of carbonyl (C=O) groups is 1. The molecule has 1 heterocycles. The van der Waals surface area contributed by atoms with Gasteiger partial charge in [0.2, 0.25) is 5.91 Å². The van der Waals surface area contributed by atoms with Gasteiger partial charge in [0.05, 0.1) is 11.6 Å². The average molecular weight is 271 g/mol. The summed E-state index contributed by atoms with van der Waals surface area (Å²) in [7, 11) is 2.09. The predicted octanol–water partition coefficient (Wildman–Crippen LogP) is 2.05. The van der Waals surface area contributed by atoms with E-state index in [1.807, 2.05) is 12.1 Å². The van der Waals surface area contributed by atoms with Crippen molar-refractivity contribution in [2.45, 2.75) is 38.3 Å². The Morgan fingerprint density at radius 2 is 2.15 bits per heavy atom. The van der Waals surface area contributed by atoms with E-state index in [9.17, 15) is 4.79 Å².